The second kappa shape index (κ2) is 6.03. The van der Waals surface area contributed by atoms with E-state index in [1.807, 2.05) is 31.4 Å². The average molecular weight is 284 g/mol. The van der Waals surface area contributed by atoms with Crippen LogP contribution in [-0.2, 0) is 0 Å². The normalized spacial score (nSPS) is 16.0. The highest BCUT2D eigenvalue weighted by atomic mass is 15.2. The van der Waals surface area contributed by atoms with Gasteiger partial charge in [-0.3, -0.25) is 9.97 Å². The summed E-state index contributed by atoms with van der Waals surface area (Å²) >= 11 is 0. The third kappa shape index (κ3) is 3.09. The maximum Gasteiger partial charge on any atom is 0.147 e. The van der Waals surface area contributed by atoms with Gasteiger partial charge in [0.2, 0.25) is 0 Å². The summed E-state index contributed by atoms with van der Waals surface area (Å²) in [5, 5.41) is 0. The summed E-state index contributed by atoms with van der Waals surface area (Å²) in [6.07, 6.45) is 11.1. The van der Waals surface area contributed by atoms with Gasteiger partial charge in [-0.1, -0.05) is 0 Å². The fourth-order valence-electron chi connectivity index (χ4n) is 2.64. The predicted octanol–water partition coefficient (Wildman–Crippen LogP) is 1.72. The second-order valence-corrected chi connectivity index (χ2v) is 5.52. The lowest BCUT2D eigenvalue weighted by atomic mass is 9.94. The van der Waals surface area contributed by atoms with Crippen molar-refractivity contribution in [1.29, 1.82) is 0 Å². The molecule has 2 aromatic heterocycles. The van der Waals surface area contributed by atoms with Crippen molar-refractivity contribution in [3.8, 4) is 0 Å². The summed E-state index contributed by atoms with van der Waals surface area (Å²) in [6.45, 7) is 1.97. The van der Waals surface area contributed by atoms with Crippen LogP contribution in [0, 0.1) is 0 Å². The van der Waals surface area contributed by atoms with Crippen molar-refractivity contribution in [2.75, 3.05) is 37.0 Å². The van der Waals surface area contributed by atoms with Gasteiger partial charge >= 0.3 is 0 Å². The highest BCUT2D eigenvalue weighted by molar-refractivity contribution is 5.37. The minimum Gasteiger partial charge on any atom is -0.361 e. The van der Waals surface area contributed by atoms with E-state index in [0.717, 1.165) is 43.3 Å². The molecule has 0 amide bonds. The van der Waals surface area contributed by atoms with Crippen LogP contribution in [0.3, 0.4) is 0 Å². The molecule has 6 nitrogen and oxygen atoms in total. The fourth-order valence-corrected chi connectivity index (χ4v) is 2.64. The summed E-state index contributed by atoms with van der Waals surface area (Å²) in [4.78, 5) is 21.8. The first kappa shape index (κ1) is 13.7. The molecular formula is C15H20N6. The first-order valence-electron chi connectivity index (χ1n) is 7.24. The Bertz CT molecular complexity index is 578. The summed E-state index contributed by atoms with van der Waals surface area (Å²) in [5.74, 6) is 2.36. The minimum absolute atomic E-state index is 0.477. The SMILES string of the molecule is CN(C)c1cncc(C2CCN(c3cnccn3)CC2)n1. The van der Waals surface area contributed by atoms with E-state index in [4.69, 9.17) is 4.98 Å². The molecule has 1 aliphatic heterocycles. The van der Waals surface area contributed by atoms with Crippen LogP contribution >= 0.6 is 0 Å². The van der Waals surface area contributed by atoms with Crippen molar-refractivity contribution in [2.45, 2.75) is 18.8 Å². The number of rotatable bonds is 3. The van der Waals surface area contributed by atoms with E-state index < -0.39 is 0 Å². The van der Waals surface area contributed by atoms with E-state index in [9.17, 15) is 0 Å². The lowest BCUT2D eigenvalue weighted by molar-refractivity contribution is 0.492. The van der Waals surface area contributed by atoms with Crippen LogP contribution < -0.4 is 9.80 Å². The van der Waals surface area contributed by atoms with E-state index in [-0.39, 0.29) is 0 Å². The zero-order valence-corrected chi connectivity index (χ0v) is 12.5. The molecule has 0 aromatic carbocycles. The summed E-state index contributed by atoms with van der Waals surface area (Å²) in [7, 11) is 3.98. The number of hydrogen-bond donors (Lipinski definition) is 0. The number of hydrogen-bond acceptors (Lipinski definition) is 6. The third-order valence-corrected chi connectivity index (χ3v) is 3.89. The lowest BCUT2D eigenvalue weighted by Crippen LogP contribution is -2.33. The highest BCUT2D eigenvalue weighted by Gasteiger charge is 2.23. The molecule has 0 radical (unpaired) electrons. The topological polar surface area (TPSA) is 58.0 Å². The van der Waals surface area contributed by atoms with E-state index >= 15 is 0 Å². The number of nitrogens with zero attached hydrogens (tertiary/aromatic N) is 6. The van der Waals surface area contributed by atoms with Crippen LogP contribution in [0.1, 0.15) is 24.5 Å². The van der Waals surface area contributed by atoms with Crippen LogP contribution in [0.2, 0.25) is 0 Å². The monoisotopic (exact) mass is 284 g/mol. The average Bonchev–Trinajstić information content (AvgIpc) is 2.56. The van der Waals surface area contributed by atoms with Gasteiger partial charge in [-0.25, -0.2) is 9.97 Å². The van der Waals surface area contributed by atoms with Crippen LogP contribution in [0.25, 0.3) is 0 Å². The molecule has 0 spiro atoms. The number of piperidine rings is 1. The molecule has 3 heterocycles. The van der Waals surface area contributed by atoms with Crippen LogP contribution in [0.4, 0.5) is 11.6 Å². The Labute approximate surface area is 124 Å². The Kier molecular flexibility index (Phi) is 3.94. The van der Waals surface area contributed by atoms with E-state index in [1.54, 1.807) is 18.6 Å². The van der Waals surface area contributed by atoms with Crippen molar-refractivity contribution < 1.29 is 0 Å². The fraction of sp³-hybridized carbons (Fsp3) is 0.467. The molecule has 0 N–H and O–H groups in total. The van der Waals surface area contributed by atoms with Gasteiger partial charge in [-0.2, -0.15) is 0 Å². The van der Waals surface area contributed by atoms with Gasteiger partial charge in [0.05, 0.1) is 18.1 Å². The molecule has 6 heteroatoms. The Balaban J connectivity index is 1.67. The van der Waals surface area contributed by atoms with Crippen LogP contribution in [-0.4, -0.2) is 47.1 Å². The van der Waals surface area contributed by atoms with Crippen molar-refractivity contribution in [3.05, 3.63) is 36.7 Å². The van der Waals surface area contributed by atoms with Crippen molar-refractivity contribution >= 4 is 11.6 Å². The van der Waals surface area contributed by atoms with Gasteiger partial charge in [0.25, 0.3) is 0 Å². The summed E-state index contributed by atoms with van der Waals surface area (Å²) in [6, 6.07) is 0. The molecule has 2 aromatic rings. The van der Waals surface area contributed by atoms with Gasteiger partial charge in [0, 0.05) is 51.7 Å². The Morgan fingerprint density at radius 2 is 1.86 bits per heavy atom. The maximum atomic E-state index is 4.71. The molecule has 21 heavy (non-hydrogen) atoms. The minimum atomic E-state index is 0.477. The van der Waals surface area contributed by atoms with Crippen molar-refractivity contribution in [2.24, 2.45) is 0 Å². The smallest absolute Gasteiger partial charge is 0.147 e. The molecule has 1 aliphatic rings. The van der Waals surface area contributed by atoms with E-state index in [1.165, 1.54) is 0 Å². The van der Waals surface area contributed by atoms with Gasteiger partial charge < -0.3 is 9.80 Å². The molecule has 3 rings (SSSR count). The summed E-state index contributed by atoms with van der Waals surface area (Å²) in [5.41, 5.74) is 1.10. The van der Waals surface area contributed by atoms with Gasteiger partial charge in [0.1, 0.15) is 11.6 Å². The van der Waals surface area contributed by atoms with Crippen LogP contribution in [0.5, 0.6) is 0 Å². The van der Waals surface area contributed by atoms with Crippen molar-refractivity contribution in [1.82, 2.24) is 19.9 Å². The molecule has 0 atom stereocenters. The maximum absolute atomic E-state index is 4.71. The Morgan fingerprint density at radius 1 is 1.05 bits per heavy atom. The first-order chi connectivity index (χ1) is 10.2. The standard InChI is InChI=1S/C15H20N6/c1-20(2)15-11-17-9-13(19-15)12-3-7-21(8-4-12)14-10-16-5-6-18-14/h5-6,9-12H,3-4,7-8H2,1-2H3. The molecular weight excluding hydrogens is 264 g/mol. The van der Waals surface area contributed by atoms with Gasteiger partial charge in [-0.05, 0) is 12.8 Å². The molecule has 0 unspecified atom stereocenters. The van der Waals surface area contributed by atoms with Crippen LogP contribution in [0.15, 0.2) is 31.0 Å². The molecule has 1 saturated heterocycles. The molecule has 0 aliphatic carbocycles. The lowest BCUT2D eigenvalue weighted by Gasteiger charge is -2.32. The molecule has 0 saturated carbocycles. The number of anilines is 2. The zero-order chi connectivity index (χ0) is 14.7. The first-order valence-corrected chi connectivity index (χ1v) is 7.24. The molecule has 1 fully saturated rings. The van der Waals surface area contributed by atoms with Crippen molar-refractivity contribution in [3.63, 3.8) is 0 Å². The van der Waals surface area contributed by atoms with E-state index in [2.05, 4.69) is 19.9 Å². The second-order valence-electron chi connectivity index (χ2n) is 5.52. The highest BCUT2D eigenvalue weighted by Crippen LogP contribution is 2.28. The summed E-state index contributed by atoms with van der Waals surface area (Å²) < 4.78 is 0. The van der Waals surface area contributed by atoms with Gasteiger partial charge in [-0.15, -0.1) is 0 Å². The Hall–Kier alpha value is -2.24. The van der Waals surface area contributed by atoms with E-state index in [0.29, 0.717) is 5.92 Å². The largest absolute Gasteiger partial charge is 0.361 e. The third-order valence-electron chi connectivity index (χ3n) is 3.89. The zero-order valence-electron chi connectivity index (χ0n) is 12.5. The number of aromatic nitrogens is 4. The quantitative estimate of drug-likeness (QED) is 0.855. The molecule has 110 valence electrons. The predicted molar refractivity (Wildman–Crippen MR) is 82.6 cm³/mol. The Morgan fingerprint density at radius 3 is 2.52 bits per heavy atom. The van der Waals surface area contributed by atoms with Gasteiger partial charge in [0.15, 0.2) is 0 Å². The molecule has 0 bridgehead atoms.